The number of carbonyl (C=O) groups excluding carboxylic acids is 1. The number of nitrogens with zero attached hydrogens (tertiary/aromatic N) is 3. The van der Waals surface area contributed by atoms with Crippen LogP contribution >= 0.6 is 0 Å². The van der Waals surface area contributed by atoms with Crippen molar-refractivity contribution in [2.75, 3.05) is 0 Å². The van der Waals surface area contributed by atoms with Crippen molar-refractivity contribution in [3.63, 3.8) is 0 Å². The second-order valence-electron chi connectivity index (χ2n) is 4.30. The van der Waals surface area contributed by atoms with Gasteiger partial charge >= 0.3 is 0 Å². The number of hydrogen-bond acceptors (Lipinski definition) is 3. The largest absolute Gasteiger partial charge is 0.306 e. The molecule has 0 radical (unpaired) electrons. The molecule has 0 unspecified atom stereocenters. The molecule has 0 saturated carbocycles. The van der Waals surface area contributed by atoms with Crippen LogP contribution < -0.4 is 0 Å². The molecule has 4 heteroatoms. The first-order valence-corrected chi connectivity index (χ1v) is 5.90. The molecule has 0 saturated heterocycles. The predicted octanol–water partition coefficient (Wildman–Crippen LogP) is 3.28. The smallest absolute Gasteiger partial charge is 0.240 e. The van der Waals surface area contributed by atoms with E-state index in [-0.39, 0.29) is 0 Å². The number of imidazole rings is 1. The fourth-order valence-electron chi connectivity index (χ4n) is 2.01. The summed E-state index contributed by atoms with van der Waals surface area (Å²) in [7, 11) is 0. The number of aliphatic imine (C=N–C) groups is 1. The summed E-state index contributed by atoms with van der Waals surface area (Å²) in [4.78, 5) is 18.6. The summed E-state index contributed by atoms with van der Waals surface area (Å²) in [6.07, 6.45) is 5.48. The fraction of sp³-hybridized carbons (Fsp3) is 0.0667. The van der Waals surface area contributed by atoms with Gasteiger partial charge in [-0.15, -0.1) is 0 Å². The standard InChI is InChI=1S/C15H11N3O/c1-11-5-6-12(8-13(11)16-10-19)14-9-18-7-3-2-4-15(18)17-14/h2-9H,1H3. The molecule has 4 nitrogen and oxygen atoms in total. The third-order valence-electron chi connectivity index (χ3n) is 3.03. The number of aryl methyl sites for hydroxylation is 1. The normalized spacial score (nSPS) is 10.4. The minimum atomic E-state index is 0.629. The van der Waals surface area contributed by atoms with Gasteiger partial charge in [0.1, 0.15) is 5.65 Å². The fourth-order valence-corrected chi connectivity index (χ4v) is 2.01. The van der Waals surface area contributed by atoms with E-state index < -0.39 is 0 Å². The maximum atomic E-state index is 10.4. The van der Waals surface area contributed by atoms with Crippen LogP contribution in [0.1, 0.15) is 5.56 Å². The van der Waals surface area contributed by atoms with Crippen LogP contribution in [0.15, 0.2) is 53.8 Å². The summed E-state index contributed by atoms with van der Waals surface area (Å²) in [5.41, 5.74) is 4.25. The zero-order valence-electron chi connectivity index (χ0n) is 10.4. The Morgan fingerprint density at radius 3 is 2.95 bits per heavy atom. The molecule has 0 aliphatic carbocycles. The molecule has 3 aromatic rings. The molecule has 0 amide bonds. The van der Waals surface area contributed by atoms with Gasteiger partial charge in [-0.2, -0.15) is 4.99 Å². The number of pyridine rings is 1. The second kappa shape index (κ2) is 4.52. The minimum Gasteiger partial charge on any atom is -0.306 e. The van der Waals surface area contributed by atoms with Crippen LogP contribution in [0.2, 0.25) is 0 Å². The summed E-state index contributed by atoms with van der Waals surface area (Å²) >= 11 is 0. The third kappa shape index (κ3) is 2.05. The molecule has 2 aromatic heterocycles. The maximum Gasteiger partial charge on any atom is 0.240 e. The Bertz CT molecular complexity index is 765. The molecule has 0 aliphatic heterocycles. The highest BCUT2D eigenvalue weighted by molar-refractivity contribution is 5.68. The Balaban J connectivity index is 2.15. The number of benzene rings is 1. The topological polar surface area (TPSA) is 46.7 Å². The van der Waals surface area contributed by atoms with Crippen molar-refractivity contribution < 1.29 is 4.79 Å². The summed E-state index contributed by atoms with van der Waals surface area (Å²) < 4.78 is 1.96. The lowest BCUT2D eigenvalue weighted by atomic mass is 10.1. The summed E-state index contributed by atoms with van der Waals surface area (Å²) in [6.45, 7) is 1.91. The van der Waals surface area contributed by atoms with Crippen molar-refractivity contribution in [2.45, 2.75) is 6.92 Å². The van der Waals surface area contributed by atoms with Crippen molar-refractivity contribution in [1.29, 1.82) is 0 Å². The van der Waals surface area contributed by atoms with E-state index in [1.807, 2.05) is 60.1 Å². The van der Waals surface area contributed by atoms with Crippen molar-refractivity contribution in [3.05, 3.63) is 54.4 Å². The van der Waals surface area contributed by atoms with Crippen molar-refractivity contribution in [1.82, 2.24) is 9.38 Å². The van der Waals surface area contributed by atoms with E-state index in [1.54, 1.807) is 6.08 Å². The van der Waals surface area contributed by atoms with Gasteiger partial charge in [-0.3, -0.25) is 0 Å². The van der Waals surface area contributed by atoms with Gasteiger partial charge in [-0.05, 0) is 30.7 Å². The number of isocyanates is 1. The molecule has 0 aliphatic rings. The van der Waals surface area contributed by atoms with Crippen LogP contribution in [-0.4, -0.2) is 15.5 Å². The summed E-state index contributed by atoms with van der Waals surface area (Å²) in [6, 6.07) is 11.6. The second-order valence-corrected chi connectivity index (χ2v) is 4.30. The Hall–Kier alpha value is -2.71. The Morgan fingerprint density at radius 1 is 1.26 bits per heavy atom. The Kier molecular flexibility index (Phi) is 2.71. The quantitative estimate of drug-likeness (QED) is 0.517. The number of fused-ring (bicyclic) bond motifs is 1. The molecule has 1 aromatic carbocycles. The van der Waals surface area contributed by atoms with E-state index in [1.165, 1.54) is 0 Å². The third-order valence-corrected chi connectivity index (χ3v) is 3.03. The lowest BCUT2D eigenvalue weighted by Crippen LogP contribution is -1.80. The molecule has 19 heavy (non-hydrogen) atoms. The van der Waals surface area contributed by atoms with Crippen molar-refractivity contribution in [3.8, 4) is 11.3 Å². The van der Waals surface area contributed by atoms with Gasteiger partial charge in [-0.25, -0.2) is 9.78 Å². The molecule has 0 atom stereocenters. The monoisotopic (exact) mass is 249 g/mol. The molecule has 2 heterocycles. The lowest BCUT2D eigenvalue weighted by Gasteiger charge is -2.01. The van der Waals surface area contributed by atoms with Crippen LogP contribution in [-0.2, 0) is 4.79 Å². The van der Waals surface area contributed by atoms with Crippen LogP contribution in [0.3, 0.4) is 0 Å². The average molecular weight is 249 g/mol. The van der Waals surface area contributed by atoms with E-state index in [0.717, 1.165) is 22.5 Å². The van der Waals surface area contributed by atoms with Gasteiger partial charge in [0, 0.05) is 18.0 Å². The summed E-state index contributed by atoms with van der Waals surface area (Å²) in [5, 5.41) is 0. The van der Waals surface area contributed by atoms with E-state index in [4.69, 9.17) is 0 Å². The first-order valence-electron chi connectivity index (χ1n) is 5.90. The molecule has 92 valence electrons. The van der Waals surface area contributed by atoms with E-state index in [0.29, 0.717) is 5.69 Å². The highest BCUT2D eigenvalue weighted by Crippen LogP contribution is 2.26. The molecule has 3 rings (SSSR count). The highest BCUT2D eigenvalue weighted by Gasteiger charge is 2.06. The first-order chi connectivity index (χ1) is 9.28. The van der Waals surface area contributed by atoms with E-state index >= 15 is 0 Å². The van der Waals surface area contributed by atoms with Crippen LogP contribution in [0.5, 0.6) is 0 Å². The number of aromatic nitrogens is 2. The van der Waals surface area contributed by atoms with Crippen molar-refractivity contribution >= 4 is 17.4 Å². The zero-order valence-corrected chi connectivity index (χ0v) is 10.4. The number of hydrogen-bond donors (Lipinski definition) is 0. The Morgan fingerprint density at radius 2 is 2.16 bits per heavy atom. The SMILES string of the molecule is Cc1ccc(-c2cn3ccccc3n2)cc1N=C=O. The van der Waals surface area contributed by atoms with Gasteiger partial charge in [0.15, 0.2) is 0 Å². The Labute approximate surface area is 110 Å². The minimum absolute atomic E-state index is 0.629. The first kappa shape index (κ1) is 11.4. The zero-order chi connectivity index (χ0) is 13.2. The van der Waals surface area contributed by atoms with Gasteiger partial charge < -0.3 is 4.40 Å². The van der Waals surface area contributed by atoms with Gasteiger partial charge in [0.2, 0.25) is 6.08 Å². The van der Waals surface area contributed by atoms with E-state index in [2.05, 4.69) is 9.98 Å². The van der Waals surface area contributed by atoms with Crippen LogP contribution in [0.25, 0.3) is 16.9 Å². The van der Waals surface area contributed by atoms with Gasteiger partial charge in [0.25, 0.3) is 0 Å². The van der Waals surface area contributed by atoms with Crippen LogP contribution in [0, 0.1) is 6.92 Å². The van der Waals surface area contributed by atoms with Gasteiger partial charge in [-0.1, -0.05) is 18.2 Å². The number of rotatable bonds is 2. The molecule has 0 bridgehead atoms. The highest BCUT2D eigenvalue weighted by atomic mass is 16.1. The lowest BCUT2D eigenvalue weighted by molar-refractivity contribution is 0.565. The summed E-state index contributed by atoms with van der Waals surface area (Å²) in [5.74, 6) is 0. The average Bonchev–Trinajstić information content (AvgIpc) is 2.85. The molecular formula is C15H11N3O. The molecule has 0 fully saturated rings. The molecular weight excluding hydrogens is 238 g/mol. The van der Waals surface area contributed by atoms with Crippen LogP contribution in [0.4, 0.5) is 5.69 Å². The molecule has 0 N–H and O–H groups in total. The maximum absolute atomic E-state index is 10.4. The molecule has 0 spiro atoms. The predicted molar refractivity (Wildman–Crippen MR) is 73.1 cm³/mol. The van der Waals surface area contributed by atoms with Gasteiger partial charge in [0.05, 0.1) is 11.4 Å². The van der Waals surface area contributed by atoms with E-state index in [9.17, 15) is 4.79 Å². The van der Waals surface area contributed by atoms with Crippen molar-refractivity contribution in [2.24, 2.45) is 4.99 Å².